The van der Waals surface area contributed by atoms with Crippen LogP contribution >= 0.6 is 0 Å². The smallest absolute Gasteiger partial charge is 0.355 e. The monoisotopic (exact) mass is 525 g/mol. The van der Waals surface area contributed by atoms with Crippen LogP contribution in [0.1, 0.15) is 73.0 Å². The first kappa shape index (κ1) is 29.0. The van der Waals surface area contributed by atoms with Crippen LogP contribution in [-0.4, -0.2) is 76.9 Å². The Labute approximate surface area is 224 Å². The molecule has 1 aliphatic heterocycles. The van der Waals surface area contributed by atoms with Gasteiger partial charge in [-0.05, 0) is 77.0 Å². The molecule has 38 heavy (non-hydrogen) atoms. The van der Waals surface area contributed by atoms with E-state index in [1.807, 2.05) is 19.1 Å². The van der Waals surface area contributed by atoms with Crippen LogP contribution in [0.3, 0.4) is 0 Å². The normalized spacial score (nSPS) is 16.9. The Morgan fingerprint density at radius 3 is 2.29 bits per heavy atom. The number of aromatic nitrogens is 1. The van der Waals surface area contributed by atoms with Gasteiger partial charge in [0.1, 0.15) is 17.2 Å². The number of rotatable bonds is 12. The Kier molecular flexibility index (Phi) is 9.74. The number of carbonyl (C=O) groups excluding carboxylic acids is 3. The zero-order chi connectivity index (χ0) is 28.0. The van der Waals surface area contributed by atoms with Crippen LogP contribution in [0.15, 0.2) is 29.8 Å². The van der Waals surface area contributed by atoms with Crippen molar-refractivity contribution in [2.75, 3.05) is 39.4 Å². The number of hydrogen-bond donors (Lipinski definition) is 2. The van der Waals surface area contributed by atoms with Gasteiger partial charge in [0.2, 0.25) is 0 Å². The molecule has 2 N–H and O–H groups in total. The summed E-state index contributed by atoms with van der Waals surface area (Å²) >= 11 is 0. The van der Waals surface area contributed by atoms with E-state index in [0.717, 1.165) is 19.6 Å². The summed E-state index contributed by atoms with van der Waals surface area (Å²) in [5, 5.41) is 11.5. The largest absolute Gasteiger partial charge is 0.507 e. The molecule has 0 saturated carbocycles. The molecule has 0 radical (unpaired) electrons. The van der Waals surface area contributed by atoms with Crippen LogP contribution in [0, 0.1) is 13.8 Å². The lowest BCUT2D eigenvalue weighted by atomic mass is 9.94. The molecule has 206 valence electrons. The molecule has 0 aliphatic carbocycles. The Morgan fingerprint density at radius 2 is 1.71 bits per heavy atom. The predicted molar refractivity (Wildman–Crippen MR) is 145 cm³/mol. The fourth-order valence-corrected chi connectivity index (χ4v) is 5.02. The number of carbonyl (C=O) groups is 3. The topological polar surface area (TPSA) is 112 Å². The molecule has 1 fully saturated rings. The number of benzene rings is 1. The molecule has 3 rings (SSSR count). The van der Waals surface area contributed by atoms with Crippen molar-refractivity contribution in [1.82, 2.24) is 14.8 Å². The van der Waals surface area contributed by atoms with Crippen LogP contribution in [0.4, 0.5) is 0 Å². The zero-order valence-electron chi connectivity index (χ0n) is 23.2. The van der Waals surface area contributed by atoms with Crippen molar-refractivity contribution >= 4 is 23.4 Å². The number of Topliss-reactive ketones (excluding diaryl/α,β-unsaturated/α-hetero) is 1. The second-order valence-corrected chi connectivity index (χ2v) is 9.22. The minimum absolute atomic E-state index is 0.00241. The summed E-state index contributed by atoms with van der Waals surface area (Å²) in [4.78, 5) is 45.9. The highest BCUT2D eigenvalue weighted by atomic mass is 16.5. The van der Waals surface area contributed by atoms with E-state index in [1.165, 1.54) is 4.90 Å². The predicted octanol–water partition coefficient (Wildman–Crippen LogP) is 4.36. The number of aliphatic hydroxyl groups excluding tert-OH is 1. The van der Waals surface area contributed by atoms with E-state index < -0.39 is 23.7 Å². The van der Waals surface area contributed by atoms with Gasteiger partial charge in [0.25, 0.3) is 11.7 Å². The number of ketones is 1. The van der Waals surface area contributed by atoms with Crippen molar-refractivity contribution in [1.29, 1.82) is 0 Å². The van der Waals surface area contributed by atoms with Crippen molar-refractivity contribution in [2.24, 2.45) is 0 Å². The summed E-state index contributed by atoms with van der Waals surface area (Å²) in [7, 11) is 0. The van der Waals surface area contributed by atoms with Crippen LogP contribution in [-0.2, 0) is 14.3 Å². The number of nitrogens with zero attached hydrogens (tertiary/aromatic N) is 2. The van der Waals surface area contributed by atoms with Crippen molar-refractivity contribution in [2.45, 2.75) is 54.0 Å². The lowest BCUT2D eigenvalue weighted by molar-refractivity contribution is -0.140. The van der Waals surface area contributed by atoms with E-state index >= 15 is 0 Å². The van der Waals surface area contributed by atoms with E-state index in [9.17, 15) is 19.5 Å². The highest BCUT2D eigenvalue weighted by Gasteiger charge is 2.46. The fraction of sp³-hybridized carbons (Fsp3) is 0.483. The molecule has 1 aromatic heterocycles. The number of esters is 1. The maximum Gasteiger partial charge on any atom is 0.355 e. The van der Waals surface area contributed by atoms with Gasteiger partial charge in [0.05, 0.1) is 24.8 Å². The van der Waals surface area contributed by atoms with Crippen molar-refractivity contribution < 1.29 is 29.0 Å². The highest BCUT2D eigenvalue weighted by Crippen LogP contribution is 2.41. The van der Waals surface area contributed by atoms with Crippen molar-refractivity contribution in [3.8, 4) is 5.75 Å². The molecule has 1 aliphatic rings. The SMILES string of the molecule is CCOC(=O)c1[nH]c(C)c(C(O)=C2C(=O)C(=O)N(CCCN(CC)CC)C2c2ccc(OCC)cc2)c1C. The van der Waals surface area contributed by atoms with Crippen LogP contribution in [0.25, 0.3) is 5.76 Å². The van der Waals surface area contributed by atoms with Gasteiger partial charge in [-0.3, -0.25) is 9.59 Å². The summed E-state index contributed by atoms with van der Waals surface area (Å²) in [6.45, 7) is 14.8. The molecular weight excluding hydrogens is 486 g/mol. The number of hydrogen-bond acceptors (Lipinski definition) is 7. The summed E-state index contributed by atoms with van der Waals surface area (Å²) in [6, 6.07) is 6.43. The van der Waals surface area contributed by atoms with E-state index in [4.69, 9.17) is 9.47 Å². The first-order valence-corrected chi connectivity index (χ1v) is 13.3. The molecule has 1 amide bonds. The molecule has 2 aromatic rings. The molecule has 1 unspecified atom stereocenters. The number of aliphatic hydroxyl groups is 1. The second kappa shape index (κ2) is 12.8. The fourth-order valence-electron chi connectivity index (χ4n) is 5.02. The maximum atomic E-state index is 13.4. The van der Waals surface area contributed by atoms with Gasteiger partial charge in [0, 0.05) is 17.8 Å². The summed E-state index contributed by atoms with van der Waals surface area (Å²) < 4.78 is 10.7. The highest BCUT2D eigenvalue weighted by molar-refractivity contribution is 6.46. The van der Waals surface area contributed by atoms with Gasteiger partial charge in [-0.1, -0.05) is 26.0 Å². The molecule has 1 aromatic carbocycles. The van der Waals surface area contributed by atoms with E-state index in [1.54, 1.807) is 32.9 Å². The third-order valence-corrected chi connectivity index (χ3v) is 6.97. The third kappa shape index (κ3) is 5.78. The van der Waals surface area contributed by atoms with Crippen LogP contribution < -0.4 is 4.74 Å². The van der Waals surface area contributed by atoms with Gasteiger partial charge in [-0.15, -0.1) is 0 Å². The van der Waals surface area contributed by atoms with E-state index in [-0.39, 0.29) is 23.6 Å². The minimum atomic E-state index is -0.776. The summed E-state index contributed by atoms with van der Waals surface area (Å²) in [6.07, 6.45) is 0.678. The van der Waals surface area contributed by atoms with Gasteiger partial charge >= 0.3 is 5.97 Å². The number of ether oxygens (including phenoxy) is 2. The van der Waals surface area contributed by atoms with Crippen LogP contribution in [0.5, 0.6) is 5.75 Å². The first-order chi connectivity index (χ1) is 18.2. The number of aryl methyl sites for hydroxylation is 1. The standard InChI is InChI=1S/C29H39N3O6/c1-7-31(8-2)16-11-17-32-25(20-12-14-21(15-13-20)37-9-3)23(27(34)28(32)35)26(33)22-18(5)24(30-19(22)6)29(36)38-10-4/h12-15,25,30,33H,7-11,16-17H2,1-6H3. The molecule has 9 nitrogen and oxygen atoms in total. The molecule has 1 saturated heterocycles. The number of nitrogens with one attached hydrogen (secondary N) is 1. The van der Waals surface area contributed by atoms with Gasteiger partial charge < -0.3 is 29.4 Å². The summed E-state index contributed by atoms with van der Waals surface area (Å²) in [5.41, 5.74) is 2.18. The van der Waals surface area contributed by atoms with Crippen molar-refractivity contribution in [3.63, 3.8) is 0 Å². The average molecular weight is 526 g/mol. The van der Waals surface area contributed by atoms with Gasteiger partial charge in [-0.25, -0.2) is 4.79 Å². The van der Waals surface area contributed by atoms with Crippen molar-refractivity contribution in [3.05, 3.63) is 57.9 Å². The number of H-pyrrole nitrogens is 1. The number of amides is 1. The van der Waals surface area contributed by atoms with E-state index in [0.29, 0.717) is 47.7 Å². The lowest BCUT2D eigenvalue weighted by Gasteiger charge is -2.27. The molecule has 0 spiro atoms. The Morgan fingerprint density at radius 1 is 1.05 bits per heavy atom. The quantitative estimate of drug-likeness (QED) is 0.183. The van der Waals surface area contributed by atoms with Crippen LogP contribution in [0.2, 0.25) is 0 Å². The molecule has 2 heterocycles. The molecule has 9 heteroatoms. The van der Waals surface area contributed by atoms with Gasteiger partial charge in [-0.2, -0.15) is 0 Å². The zero-order valence-corrected chi connectivity index (χ0v) is 23.2. The lowest BCUT2D eigenvalue weighted by Crippen LogP contribution is -2.33. The molecular formula is C29H39N3O6. The third-order valence-electron chi connectivity index (χ3n) is 6.97. The molecule has 1 atom stereocenters. The average Bonchev–Trinajstić information content (AvgIpc) is 3.34. The maximum absolute atomic E-state index is 13.4. The van der Waals surface area contributed by atoms with E-state index in [2.05, 4.69) is 23.7 Å². The Balaban J connectivity index is 2.11. The minimum Gasteiger partial charge on any atom is -0.507 e. The second-order valence-electron chi connectivity index (χ2n) is 9.22. The Hall–Kier alpha value is -3.59. The van der Waals surface area contributed by atoms with Gasteiger partial charge in [0.15, 0.2) is 0 Å². The molecule has 0 bridgehead atoms. The number of likely N-dealkylation sites (tertiary alicyclic amines) is 1. The number of aromatic amines is 1. The first-order valence-electron chi connectivity index (χ1n) is 13.3. The summed E-state index contributed by atoms with van der Waals surface area (Å²) in [5.74, 6) is -1.59. The Bertz CT molecular complexity index is 1190.